The Hall–Kier alpha value is -1.69. The van der Waals surface area contributed by atoms with E-state index in [4.69, 9.17) is 14.9 Å². The number of hydrogen-bond acceptors (Lipinski definition) is 5. The van der Waals surface area contributed by atoms with Gasteiger partial charge in [0.2, 0.25) is 0 Å². The highest BCUT2D eigenvalue weighted by Gasteiger charge is 2.18. The molecule has 0 aliphatic heterocycles. The number of esters is 1. The number of aliphatic hydroxyl groups excluding tert-OH is 1. The van der Waals surface area contributed by atoms with Crippen LogP contribution in [0.3, 0.4) is 0 Å². The largest absolute Gasteiger partial charge is 0.458 e. The van der Waals surface area contributed by atoms with Gasteiger partial charge in [-0.05, 0) is 51.0 Å². The fourth-order valence-corrected chi connectivity index (χ4v) is 2.61. The van der Waals surface area contributed by atoms with Crippen molar-refractivity contribution in [2.75, 3.05) is 0 Å². The molecule has 1 aromatic rings. The minimum absolute atomic E-state index is 0.160. The minimum Gasteiger partial charge on any atom is -0.458 e. The van der Waals surface area contributed by atoms with Crippen LogP contribution < -0.4 is 0 Å². The van der Waals surface area contributed by atoms with Crippen LogP contribution in [0.4, 0.5) is 0 Å². The zero-order valence-electron chi connectivity index (χ0n) is 15.1. The number of ether oxygens (including phenoxy) is 1. The van der Waals surface area contributed by atoms with E-state index >= 15 is 0 Å². The van der Waals surface area contributed by atoms with Crippen LogP contribution >= 0.6 is 0 Å². The summed E-state index contributed by atoms with van der Waals surface area (Å²) in [5, 5.41) is 25.7. The summed E-state index contributed by atoms with van der Waals surface area (Å²) >= 11 is 0. The zero-order chi connectivity index (χ0) is 18.7. The number of aliphatic hydroxyl groups is 3. The Balaban J connectivity index is 0.000000550. The van der Waals surface area contributed by atoms with Gasteiger partial charge in [0, 0.05) is 6.08 Å². The maximum atomic E-state index is 11.6. The lowest BCUT2D eigenvalue weighted by atomic mass is 9.85. The molecule has 1 aliphatic carbocycles. The Labute approximate surface area is 150 Å². The summed E-state index contributed by atoms with van der Waals surface area (Å²) in [5.74, 6) is -1.30. The zero-order valence-corrected chi connectivity index (χ0v) is 15.1. The van der Waals surface area contributed by atoms with E-state index in [2.05, 4.69) is 0 Å². The number of carbonyl (C=O) groups excluding carboxylic acids is 1. The number of benzene rings is 1. The van der Waals surface area contributed by atoms with Gasteiger partial charge in [-0.15, -0.1) is 0 Å². The van der Waals surface area contributed by atoms with Crippen molar-refractivity contribution < 1.29 is 24.9 Å². The monoisotopic (exact) mass is 350 g/mol. The summed E-state index contributed by atoms with van der Waals surface area (Å²) in [6, 6.07) is 9.64. The van der Waals surface area contributed by atoms with Crippen LogP contribution in [0.5, 0.6) is 0 Å². The molecule has 0 spiro atoms. The van der Waals surface area contributed by atoms with Crippen LogP contribution in [0.25, 0.3) is 0 Å². The van der Waals surface area contributed by atoms with E-state index in [0.717, 1.165) is 37.7 Å². The predicted octanol–water partition coefficient (Wildman–Crippen LogP) is 2.93. The van der Waals surface area contributed by atoms with E-state index in [1.54, 1.807) is 0 Å². The molecule has 0 amide bonds. The fourth-order valence-electron chi connectivity index (χ4n) is 2.61. The van der Waals surface area contributed by atoms with Crippen molar-refractivity contribution >= 4 is 5.97 Å². The van der Waals surface area contributed by atoms with Gasteiger partial charge >= 0.3 is 5.97 Å². The van der Waals surface area contributed by atoms with E-state index in [1.807, 2.05) is 36.4 Å². The van der Waals surface area contributed by atoms with E-state index in [9.17, 15) is 9.90 Å². The summed E-state index contributed by atoms with van der Waals surface area (Å²) in [6.45, 7) is 2.91. The molecule has 25 heavy (non-hydrogen) atoms. The lowest BCUT2D eigenvalue weighted by molar-refractivity contribution is -0.139. The number of rotatable bonds is 5. The molecule has 0 radical (unpaired) electrons. The van der Waals surface area contributed by atoms with Gasteiger partial charge in [-0.1, -0.05) is 42.8 Å². The molecule has 5 nitrogen and oxygen atoms in total. The van der Waals surface area contributed by atoms with Crippen molar-refractivity contribution in [3.8, 4) is 0 Å². The topological polar surface area (TPSA) is 87.0 Å². The normalized spacial score (nSPS) is 20.7. The SMILES string of the molecule is CC(C)(O)O.O=C(/C=C/CC1CCCC(O)C1)OCc1ccccc1. The van der Waals surface area contributed by atoms with E-state index in [0.29, 0.717) is 12.5 Å². The Morgan fingerprint density at radius 2 is 1.88 bits per heavy atom. The number of allylic oxidation sites excluding steroid dienone is 1. The standard InChI is InChI=1S/C17H22O3.C3H8O2/c18-16-10-4-8-14(12-16)9-5-11-17(19)20-13-15-6-2-1-3-7-15;1-3(2,4)5/h1-3,5-7,11,14,16,18H,4,8-10,12-13H2;4-5H,1-2H3/b11-5+;. The number of hydrogen-bond donors (Lipinski definition) is 3. The maximum absolute atomic E-state index is 11.6. The summed E-state index contributed by atoms with van der Waals surface area (Å²) in [5.41, 5.74) is 0.990. The van der Waals surface area contributed by atoms with Gasteiger partial charge in [0.15, 0.2) is 5.79 Å². The molecule has 1 aliphatic rings. The third-order valence-electron chi connectivity index (χ3n) is 3.70. The van der Waals surface area contributed by atoms with Crippen molar-refractivity contribution in [1.82, 2.24) is 0 Å². The summed E-state index contributed by atoms with van der Waals surface area (Å²) in [4.78, 5) is 11.6. The van der Waals surface area contributed by atoms with Crippen LogP contribution in [-0.4, -0.2) is 33.2 Å². The van der Waals surface area contributed by atoms with Crippen LogP contribution in [0.15, 0.2) is 42.5 Å². The van der Waals surface area contributed by atoms with Gasteiger partial charge < -0.3 is 20.1 Å². The van der Waals surface area contributed by atoms with Crippen molar-refractivity contribution in [2.45, 2.75) is 64.4 Å². The molecule has 2 atom stereocenters. The maximum Gasteiger partial charge on any atom is 0.330 e. The average molecular weight is 350 g/mol. The van der Waals surface area contributed by atoms with Crippen LogP contribution in [0.1, 0.15) is 51.5 Å². The fraction of sp³-hybridized carbons (Fsp3) is 0.550. The van der Waals surface area contributed by atoms with Gasteiger partial charge in [-0.3, -0.25) is 0 Å². The average Bonchev–Trinajstić information content (AvgIpc) is 2.52. The smallest absolute Gasteiger partial charge is 0.330 e. The Morgan fingerprint density at radius 1 is 1.24 bits per heavy atom. The molecular formula is C20H30O5. The van der Waals surface area contributed by atoms with Crippen molar-refractivity contribution in [2.24, 2.45) is 5.92 Å². The number of carbonyl (C=O) groups is 1. The molecule has 1 saturated carbocycles. The first-order valence-corrected chi connectivity index (χ1v) is 8.74. The first kappa shape index (κ1) is 21.4. The van der Waals surface area contributed by atoms with Crippen LogP contribution in [0, 0.1) is 5.92 Å². The highest BCUT2D eigenvalue weighted by molar-refractivity contribution is 5.81. The first-order chi connectivity index (χ1) is 11.7. The van der Waals surface area contributed by atoms with Crippen molar-refractivity contribution in [3.63, 3.8) is 0 Å². The molecule has 0 bridgehead atoms. The minimum atomic E-state index is -1.50. The van der Waals surface area contributed by atoms with Gasteiger partial charge in [-0.25, -0.2) is 4.79 Å². The molecule has 3 N–H and O–H groups in total. The Kier molecular flexibility index (Phi) is 9.42. The molecule has 1 aromatic carbocycles. The lowest BCUT2D eigenvalue weighted by Crippen LogP contribution is -2.18. The van der Waals surface area contributed by atoms with E-state index in [1.165, 1.54) is 19.9 Å². The Bertz CT molecular complexity index is 513. The highest BCUT2D eigenvalue weighted by Crippen LogP contribution is 2.26. The molecule has 1 fully saturated rings. The lowest BCUT2D eigenvalue weighted by Gasteiger charge is -2.24. The molecule has 0 heterocycles. The van der Waals surface area contributed by atoms with Gasteiger partial charge in [-0.2, -0.15) is 0 Å². The summed E-state index contributed by atoms with van der Waals surface area (Å²) in [6.07, 6.45) is 8.05. The third kappa shape index (κ3) is 12.3. The molecule has 5 heteroatoms. The van der Waals surface area contributed by atoms with Crippen molar-refractivity contribution in [1.29, 1.82) is 0 Å². The van der Waals surface area contributed by atoms with Crippen molar-refractivity contribution in [3.05, 3.63) is 48.0 Å². The summed E-state index contributed by atoms with van der Waals surface area (Å²) in [7, 11) is 0. The van der Waals surface area contributed by atoms with Crippen LogP contribution in [0.2, 0.25) is 0 Å². The first-order valence-electron chi connectivity index (χ1n) is 8.74. The molecule has 140 valence electrons. The molecular weight excluding hydrogens is 320 g/mol. The second kappa shape index (κ2) is 11.0. The molecule has 2 unspecified atom stereocenters. The van der Waals surface area contributed by atoms with Gasteiger partial charge in [0.25, 0.3) is 0 Å². The predicted molar refractivity (Wildman–Crippen MR) is 96.5 cm³/mol. The summed E-state index contributed by atoms with van der Waals surface area (Å²) < 4.78 is 5.16. The van der Waals surface area contributed by atoms with Gasteiger partial charge in [0.05, 0.1) is 6.10 Å². The third-order valence-corrected chi connectivity index (χ3v) is 3.70. The van der Waals surface area contributed by atoms with E-state index in [-0.39, 0.29) is 12.1 Å². The van der Waals surface area contributed by atoms with Crippen LogP contribution in [-0.2, 0) is 16.1 Å². The quantitative estimate of drug-likeness (QED) is 0.432. The Morgan fingerprint density at radius 3 is 2.48 bits per heavy atom. The van der Waals surface area contributed by atoms with Gasteiger partial charge in [0.1, 0.15) is 6.61 Å². The molecule has 0 saturated heterocycles. The second-order valence-corrected chi connectivity index (χ2v) is 6.91. The highest BCUT2D eigenvalue weighted by atomic mass is 16.5. The van der Waals surface area contributed by atoms with E-state index < -0.39 is 5.79 Å². The molecule has 0 aromatic heterocycles. The second-order valence-electron chi connectivity index (χ2n) is 6.91. The molecule has 2 rings (SSSR count).